The molecule has 0 saturated carbocycles. The second-order valence-electron chi connectivity index (χ2n) is 6.61. The Bertz CT molecular complexity index is 814. The maximum atomic E-state index is 13.2. The quantitative estimate of drug-likeness (QED) is 0.802. The third-order valence-corrected chi connectivity index (χ3v) is 6.53. The van der Waals surface area contributed by atoms with Crippen molar-refractivity contribution in [1.82, 2.24) is 15.1 Å². The fourth-order valence-corrected chi connectivity index (χ4v) is 4.70. The van der Waals surface area contributed by atoms with E-state index in [1.54, 1.807) is 18.3 Å². The summed E-state index contributed by atoms with van der Waals surface area (Å²) in [6.07, 6.45) is 5.90. The van der Waals surface area contributed by atoms with Crippen LogP contribution in [0.3, 0.4) is 0 Å². The van der Waals surface area contributed by atoms with E-state index >= 15 is 0 Å². The molecule has 6 nitrogen and oxygen atoms in total. The largest absolute Gasteiger partial charge is 0.317 e. The van der Waals surface area contributed by atoms with Crippen LogP contribution >= 0.6 is 0 Å². The number of piperidine rings is 1. The van der Waals surface area contributed by atoms with Gasteiger partial charge >= 0.3 is 0 Å². The molecule has 0 atom stereocenters. The van der Waals surface area contributed by atoms with E-state index < -0.39 is 10.0 Å². The first kappa shape index (κ1) is 18.8. The lowest BCUT2D eigenvalue weighted by Crippen LogP contribution is -2.32. The predicted octanol–water partition coefficient (Wildman–Crippen LogP) is 2.69. The van der Waals surface area contributed by atoms with E-state index in [0.717, 1.165) is 31.5 Å². The SMILES string of the molecule is CCCS(=O)(=O)N(Cc1ccc(F)cc1)c1cnn(C2CCNCC2)c1. The molecule has 1 aliphatic rings. The molecule has 0 spiro atoms. The van der Waals surface area contributed by atoms with E-state index in [2.05, 4.69) is 10.4 Å². The van der Waals surface area contributed by atoms with Crippen LogP contribution in [0, 0.1) is 5.82 Å². The minimum absolute atomic E-state index is 0.0622. The lowest BCUT2D eigenvalue weighted by atomic mass is 10.1. The van der Waals surface area contributed by atoms with Gasteiger partial charge in [0.1, 0.15) is 5.82 Å². The number of benzene rings is 1. The topological polar surface area (TPSA) is 67.2 Å². The third kappa shape index (κ3) is 4.42. The Labute approximate surface area is 154 Å². The number of aromatic nitrogens is 2. The number of nitrogens with one attached hydrogen (secondary N) is 1. The zero-order chi connectivity index (χ0) is 18.6. The molecule has 0 bridgehead atoms. The van der Waals surface area contributed by atoms with E-state index in [0.29, 0.717) is 12.1 Å². The van der Waals surface area contributed by atoms with Crippen LogP contribution in [0.1, 0.15) is 37.8 Å². The lowest BCUT2D eigenvalue weighted by molar-refractivity contribution is 0.343. The van der Waals surface area contributed by atoms with Crippen LogP contribution in [0.15, 0.2) is 36.7 Å². The summed E-state index contributed by atoms with van der Waals surface area (Å²) in [6, 6.07) is 6.20. The molecule has 1 aromatic carbocycles. The van der Waals surface area contributed by atoms with Gasteiger partial charge in [0.05, 0.1) is 30.2 Å². The smallest absolute Gasteiger partial charge is 0.235 e. The van der Waals surface area contributed by atoms with Crippen molar-refractivity contribution in [2.75, 3.05) is 23.1 Å². The molecule has 26 heavy (non-hydrogen) atoms. The summed E-state index contributed by atoms with van der Waals surface area (Å²) in [5, 5.41) is 7.73. The second-order valence-corrected chi connectivity index (χ2v) is 8.62. The number of nitrogens with zero attached hydrogens (tertiary/aromatic N) is 3. The molecule has 2 heterocycles. The van der Waals surface area contributed by atoms with Crippen LogP contribution < -0.4 is 9.62 Å². The molecule has 3 rings (SSSR count). The van der Waals surface area contributed by atoms with Gasteiger partial charge in [-0.3, -0.25) is 8.99 Å². The van der Waals surface area contributed by atoms with E-state index in [9.17, 15) is 12.8 Å². The zero-order valence-electron chi connectivity index (χ0n) is 14.9. The van der Waals surface area contributed by atoms with Gasteiger partial charge in [0.15, 0.2) is 0 Å². The van der Waals surface area contributed by atoms with Gasteiger partial charge in [-0.05, 0) is 50.0 Å². The Morgan fingerprint density at radius 2 is 1.96 bits per heavy atom. The molecule has 2 aromatic rings. The average molecular weight is 380 g/mol. The van der Waals surface area contributed by atoms with Gasteiger partial charge in [0.2, 0.25) is 10.0 Å². The summed E-state index contributed by atoms with van der Waals surface area (Å²) in [5.41, 5.74) is 1.29. The number of halogens is 1. The summed E-state index contributed by atoms with van der Waals surface area (Å²) >= 11 is 0. The van der Waals surface area contributed by atoms with Crippen molar-refractivity contribution in [2.24, 2.45) is 0 Å². The van der Waals surface area contributed by atoms with Crippen molar-refractivity contribution in [1.29, 1.82) is 0 Å². The van der Waals surface area contributed by atoms with E-state index in [4.69, 9.17) is 0 Å². The lowest BCUT2D eigenvalue weighted by Gasteiger charge is -2.24. The highest BCUT2D eigenvalue weighted by molar-refractivity contribution is 7.92. The summed E-state index contributed by atoms with van der Waals surface area (Å²) in [4.78, 5) is 0. The van der Waals surface area contributed by atoms with Gasteiger partial charge in [0, 0.05) is 6.20 Å². The number of sulfonamides is 1. The molecule has 1 N–H and O–H groups in total. The standard InChI is InChI=1S/C18H25FN4O2S/c1-2-11-26(24,25)23(13-15-3-5-16(19)6-4-15)18-12-21-22(14-18)17-7-9-20-10-8-17/h3-6,12,14,17,20H,2,7-11,13H2,1H3. The van der Waals surface area contributed by atoms with Gasteiger partial charge in [-0.2, -0.15) is 5.10 Å². The Morgan fingerprint density at radius 1 is 1.27 bits per heavy atom. The van der Waals surface area contributed by atoms with Crippen LogP contribution in [-0.2, 0) is 16.6 Å². The Balaban J connectivity index is 1.87. The molecule has 1 fully saturated rings. The first-order chi connectivity index (χ1) is 12.5. The summed E-state index contributed by atoms with van der Waals surface area (Å²) in [5.74, 6) is -0.275. The predicted molar refractivity (Wildman–Crippen MR) is 100 cm³/mol. The molecular weight excluding hydrogens is 355 g/mol. The third-order valence-electron chi connectivity index (χ3n) is 4.60. The van der Waals surface area contributed by atoms with Gasteiger partial charge < -0.3 is 5.32 Å². The molecule has 8 heteroatoms. The van der Waals surface area contributed by atoms with Crippen molar-refractivity contribution >= 4 is 15.7 Å². The Morgan fingerprint density at radius 3 is 2.62 bits per heavy atom. The molecule has 0 unspecified atom stereocenters. The van der Waals surface area contributed by atoms with Crippen molar-refractivity contribution in [2.45, 2.75) is 38.8 Å². The summed E-state index contributed by atoms with van der Waals surface area (Å²) < 4.78 is 42.0. The fourth-order valence-electron chi connectivity index (χ4n) is 3.20. The van der Waals surface area contributed by atoms with E-state index in [1.165, 1.54) is 16.4 Å². The molecular formula is C18H25FN4O2S. The van der Waals surface area contributed by atoms with Gasteiger partial charge in [-0.1, -0.05) is 19.1 Å². The molecule has 142 valence electrons. The number of hydrogen-bond donors (Lipinski definition) is 1. The molecule has 0 radical (unpaired) electrons. The maximum absolute atomic E-state index is 13.2. The summed E-state index contributed by atoms with van der Waals surface area (Å²) in [6.45, 7) is 3.88. The van der Waals surface area contributed by atoms with Crippen LogP contribution in [-0.4, -0.2) is 37.0 Å². The van der Waals surface area contributed by atoms with Crippen LogP contribution in [0.4, 0.5) is 10.1 Å². The molecule has 1 aliphatic heterocycles. The van der Waals surface area contributed by atoms with Crippen molar-refractivity contribution in [3.8, 4) is 0 Å². The molecule has 0 aliphatic carbocycles. The highest BCUT2D eigenvalue weighted by Crippen LogP contribution is 2.25. The monoisotopic (exact) mass is 380 g/mol. The second kappa shape index (κ2) is 8.18. The first-order valence-electron chi connectivity index (χ1n) is 8.99. The first-order valence-corrected chi connectivity index (χ1v) is 10.6. The van der Waals surface area contributed by atoms with Gasteiger partial charge in [-0.15, -0.1) is 0 Å². The maximum Gasteiger partial charge on any atom is 0.235 e. The summed E-state index contributed by atoms with van der Waals surface area (Å²) in [7, 11) is -3.48. The van der Waals surface area contributed by atoms with Crippen molar-refractivity contribution in [3.63, 3.8) is 0 Å². The van der Waals surface area contributed by atoms with Crippen LogP contribution in [0.5, 0.6) is 0 Å². The minimum atomic E-state index is -3.48. The van der Waals surface area contributed by atoms with E-state index in [-0.39, 0.29) is 24.2 Å². The number of rotatable bonds is 7. The number of hydrogen-bond acceptors (Lipinski definition) is 4. The van der Waals surface area contributed by atoms with Gasteiger partial charge in [-0.25, -0.2) is 12.8 Å². The van der Waals surface area contributed by atoms with E-state index in [1.807, 2.05) is 17.8 Å². The van der Waals surface area contributed by atoms with Gasteiger partial charge in [0.25, 0.3) is 0 Å². The molecule has 1 saturated heterocycles. The van der Waals surface area contributed by atoms with Crippen molar-refractivity contribution in [3.05, 3.63) is 48.0 Å². The highest BCUT2D eigenvalue weighted by atomic mass is 32.2. The molecule has 1 aromatic heterocycles. The van der Waals surface area contributed by atoms with Crippen LogP contribution in [0.25, 0.3) is 0 Å². The number of anilines is 1. The molecule has 0 amide bonds. The normalized spacial score (nSPS) is 15.9. The minimum Gasteiger partial charge on any atom is -0.317 e. The zero-order valence-corrected chi connectivity index (χ0v) is 15.8. The highest BCUT2D eigenvalue weighted by Gasteiger charge is 2.25. The van der Waals surface area contributed by atoms with Crippen LogP contribution in [0.2, 0.25) is 0 Å². The Hall–Kier alpha value is -1.93. The average Bonchev–Trinajstić information content (AvgIpc) is 3.11. The van der Waals surface area contributed by atoms with Crippen molar-refractivity contribution < 1.29 is 12.8 Å². The fraction of sp³-hybridized carbons (Fsp3) is 0.500. The Kier molecular flexibility index (Phi) is 5.93.